The molecule has 0 spiro atoms. The van der Waals surface area contributed by atoms with E-state index in [1.54, 1.807) is 24.4 Å². The smallest absolute Gasteiger partial charge is 0.196 e. The molecule has 2 aromatic carbocycles. The number of carbonyl (C=O) groups excluding carboxylic acids is 1. The summed E-state index contributed by atoms with van der Waals surface area (Å²) in [4.78, 5) is 16.0. The van der Waals surface area contributed by atoms with Crippen LogP contribution in [-0.4, -0.2) is 10.8 Å². The maximum Gasteiger partial charge on any atom is 0.196 e. The Morgan fingerprint density at radius 2 is 1.95 bits per heavy atom. The van der Waals surface area contributed by atoms with E-state index in [1.807, 2.05) is 12.1 Å². The molecule has 21 heavy (non-hydrogen) atoms. The predicted octanol–water partition coefficient (Wildman–Crippen LogP) is 4.31. The second-order valence-electron chi connectivity index (χ2n) is 4.93. The quantitative estimate of drug-likeness (QED) is 0.550. The molecule has 0 bridgehead atoms. The van der Waals surface area contributed by atoms with Crippen molar-refractivity contribution in [3.05, 3.63) is 63.8 Å². The average molecular weight is 343 g/mol. The molecule has 0 aliphatic carbocycles. The Balaban J connectivity index is 2.17. The topological polar surface area (TPSA) is 58.9 Å². The summed E-state index contributed by atoms with van der Waals surface area (Å²) < 4.78 is 0.649. The number of hydrogen-bond donors (Lipinski definition) is 2. The molecule has 4 heteroatoms. The van der Waals surface area contributed by atoms with Gasteiger partial charge in [0.2, 0.25) is 0 Å². The monoisotopic (exact) mass is 342 g/mol. The molecule has 3 nitrogen and oxygen atoms in total. The minimum absolute atomic E-state index is 0.0336. The van der Waals surface area contributed by atoms with Gasteiger partial charge in [-0.15, -0.1) is 0 Å². The van der Waals surface area contributed by atoms with E-state index < -0.39 is 0 Å². The van der Waals surface area contributed by atoms with Gasteiger partial charge < -0.3 is 10.7 Å². The zero-order valence-electron chi connectivity index (χ0n) is 11.6. The van der Waals surface area contributed by atoms with E-state index in [9.17, 15) is 4.79 Å². The van der Waals surface area contributed by atoms with Gasteiger partial charge in [-0.05, 0) is 40.0 Å². The number of carbonyl (C=O) groups is 1. The van der Waals surface area contributed by atoms with Crippen LogP contribution < -0.4 is 5.73 Å². The molecule has 0 fully saturated rings. The fourth-order valence-electron chi connectivity index (χ4n) is 2.57. The van der Waals surface area contributed by atoms with Gasteiger partial charge in [-0.1, -0.05) is 31.2 Å². The number of hydrogen-bond acceptors (Lipinski definition) is 2. The summed E-state index contributed by atoms with van der Waals surface area (Å²) in [5, 5.41) is 0.952. The van der Waals surface area contributed by atoms with Crippen LogP contribution in [0.5, 0.6) is 0 Å². The van der Waals surface area contributed by atoms with Crippen LogP contribution >= 0.6 is 15.9 Å². The van der Waals surface area contributed by atoms with Crippen LogP contribution in [0.4, 0.5) is 5.69 Å². The van der Waals surface area contributed by atoms with Crippen molar-refractivity contribution in [3.63, 3.8) is 0 Å². The van der Waals surface area contributed by atoms with Crippen molar-refractivity contribution in [2.75, 3.05) is 5.73 Å². The maximum absolute atomic E-state index is 12.8. The first-order chi connectivity index (χ1) is 10.1. The Hall–Kier alpha value is -2.07. The molecule has 3 N–H and O–H groups in total. The van der Waals surface area contributed by atoms with Crippen LogP contribution in [0, 0.1) is 0 Å². The molecule has 0 saturated heterocycles. The number of para-hydroxylation sites is 1. The van der Waals surface area contributed by atoms with Crippen molar-refractivity contribution in [1.82, 2.24) is 4.98 Å². The summed E-state index contributed by atoms with van der Waals surface area (Å²) in [6.45, 7) is 2.10. The Kier molecular flexibility index (Phi) is 3.55. The zero-order chi connectivity index (χ0) is 15.0. The van der Waals surface area contributed by atoms with Crippen molar-refractivity contribution >= 4 is 38.3 Å². The van der Waals surface area contributed by atoms with Gasteiger partial charge in [0.25, 0.3) is 0 Å². The van der Waals surface area contributed by atoms with Crippen molar-refractivity contribution < 1.29 is 4.79 Å². The molecular weight excluding hydrogens is 328 g/mol. The number of ketones is 1. The Labute approximate surface area is 131 Å². The second kappa shape index (κ2) is 5.37. The third-order valence-corrected chi connectivity index (χ3v) is 4.59. The number of aromatic amines is 1. The van der Waals surface area contributed by atoms with E-state index in [2.05, 4.69) is 33.9 Å². The minimum atomic E-state index is -0.0336. The number of nitrogen functional groups attached to an aromatic ring is 1. The highest BCUT2D eigenvalue weighted by molar-refractivity contribution is 9.10. The number of nitrogens with one attached hydrogen (secondary N) is 1. The molecular formula is C17H15BrN2O. The molecule has 0 aliphatic rings. The number of H-pyrrole nitrogens is 1. The normalized spacial score (nSPS) is 11.0. The second-order valence-corrected chi connectivity index (χ2v) is 5.73. The molecule has 0 saturated carbocycles. The molecule has 0 radical (unpaired) electrons. The molecule has 0 aliphatic heterocycles. The Morgan fingerprint density at radius 3 is 2.71 bits per heavy atom. The zero-order valence-corrected chi connectivity index (χ0v) is 13.2. The predicted molar refractivity (Wildman–Crippen MR) is 89.7 cm³/mol. The van der Waals surface area contributed by atoms with Crippen molar-refractivity contribution in [2.45, 2.75) is 13.3 Å². The standard InChI is InChI=1S/C17H15BrN2O/c1-2-10-5-3-6-11-13(9-20-16(10)11)17(21)12-7-4-8-14(19)15(12)18/h3-9,20H,2,19H2,1H3. The van der Waals surface area contributed by atoms with E-state index >= 15 is 0 Å². The van der Waals surface area contributed by atoms with Gasteiger partial charge in [0, 0.05) is 33.9 Å². The molecule has 1 aromatic heterocycles. The number of rotatable bonds is 3. The highest BCUT2D eigenvalue weighted by Gasteiger charge is 2.18. The first-order valence-electron chi connectivity index (χ1n) is 6.81. The van der Waals surface area contributed by atoms with Gasteiger partial charge in [-0.2, -0.15) is 0 Å². The highest BCUT2D eigenvalue weighted by Crippen LogP contribution is 2.29. The van der Waals surface area contributed by atoms with E-state index in [0.717, 1.165) is 17.3 Å². The molecule has 0 atom stereocenters. The average Bonchev–Trinajstić information content (AvgIpc) is 2.93. The number of benzene rings is 2. The van der Waals surface area contributed by atoms with Crippen LogP contribution in [0.1, 0.15) is 28.4 Å². The number of halogens is 1. The van der Waals surface area contributed by atoms with Crippen LogP contribution in [0.25, 0.3) is 10.9 Å². The lowest BCUT2D eigenvalue weighted by molar-refractivity contribution is 0.103. The van der Waals surface area contributed by atoms with E-state index in [0.29, 0.717) is 21.3 Å². The molecule has 106 valence electrons. The summed E-state index contributed by atoms with van der Waals surface area (Å²) in [6.07, 6.45) is 2.70. The third-order valence-electron chi connectivity index (χ3n) is 3.70. The number of anilines is 1. The van der Waals surface area contributed by atoms with E-state index in [-0.39, 0.29) is 5.78 Å². The van der Waals surface area contributed by atoms with Crippen molar-refractivity contribution in [2.24, 2.45) is 0 Å². The lowest BCUT2D eigenvalue weighted by atomic mass is 10.0. The van der Waals surface area contributed by atoms with Crippen LogP contribution in [0.3, 0.4) is 0 Å². The molecule has 3 rings (SSSR count). The molecule has 3 aromatic rings. The fourth-order valence-corrected chi connectivity index (χ4v) is 3.01. The van der Waals surface area contributed by atoms with Gasteiger partial charge in [0.1, 0.15) is 0 Å². The highest BCUT2D eigenvalue weighted by atomic mass is 79.9. The third kappa shape index (κ3) is 2.25. The minimum Gasteiger partial charge on any atom is -0.398 e. The largest absolute Gasteiger partial charge is 0.398 e. The summed E-state index contributed by atoms with van der Waals surface area (Å²) in [5.74, 6) is -0.0336. The Bertz CT molecular complexity index is 836. The lowest BCUT2D eigenvalue weighted by Gasteiger charge is -2.06. The maximum atomic E-state index is 12.8. The van der Waals surface area contributed by atoms with Crippen LogP contribution in [0.2, 0.25) is 0 Å². The molecule has 0 unspecified atom stereocenters. The summed E-state index contributed by atoms with van der Waals surface area (Å²) in [7, 11) is 0. The van der Waals surface area contributed by atoms with Crippen molar-refractivity contribution in [3.8, 4) is 0 Å². The van der Waals surface area contributed by atoms with Crippen molar-refractivity contribution in [1.29, 1.82) is 0 Å². The first kappa shape index (κ1) is 13.9. The van der Waals surface area contributed by atoms with Crippen LogP contribution in [0.15, 0.2) is 47.1 Å². The Morgan fingerprint density at radius 1 is 1.19 bits per heavy atom. The van der Waals surface area contributed by atoms with Gasteiger partial charge in [0.15, 0.2) is 5.78 Å². The lowest BCUT2D eigenvalue weighted by Crippen LogP contribution is -2.03. The number of fused-ring (bicyclic) bond motifs is 1. The van der Waals surface area contributed by atoms with Gasteiger partial charge >= 0.3 is 0 Å². The van der Waals surface area contributed by atoms with Gasteiger partial charge in [-0.25, -0.2) is 0 Å². The van der Waals surface area contributed by atoms with E-state index in [4.69, 9.17) is 5.73 Å². The van der Waals surface area contributed by atoms with Crippen LogP contribution in [-0.2, 0) is 6.42 Å². The summed E-state index contributed by atoms with van der Waals surface area (Å²) in [5.41, 5.74) is 9.92. The molecule has 1 heterocycles. The number of nitrogens with two attached hydrogens (primary N) is 1. The van der Waals surface area contributed by atoms with Gasteiger partial charge in [0.05, 0.1) is 4.47 Å². The van der Waals surface area contributed by atoms with E-state index in [1.165, 1.54) is 5.56 Å². The summed E-state index contributed by atoms with van der Waals surface area (Å²) >= 11 is 3.40. The number of aromatic nitrogens is 1. The first-order valence-corrected chi connectivity index (χ1v) is 7.60. The fraction of sp³-hybridized carbons (Fsp3) is 0.118. The molecule has 0 amide bonds. The van der Waals surface area contributed by atoms with Gasteiger partial charge in [-0.3, -0.25) is 4.79 Å². The number of aryl methyl sites for hydroxylation is 1. The summed E-state index contributed by atoms with van der Waals surface area (Å²) in [6, 6.07) is 11.4. The SMILES string of the molecule is CCc1cccc2c(C(=O)c3cccc(N)c3Br)c[nH]c12.